The van der Waals surface area contributed by atoms with E-state index in [1.54, 1.807) is 13.0 Å². The Morgan fingerprint density at radius 2 is 1.78 bits per heavy atom. The summed E-state index contributed by atoms with van der Waals surface area (Å²) < 4.78 is 16.7. The molecule has 1 aliphatic heterocycles. The zero-order chi connectivity index (χ0) is 23.3. The molecule has 5 N–H and O–H groups in total. The predicted octanol–water partition coefficient (Wildman–Crippen LogP) is -0.567. The Bertz CT molecular complexity index is 1010. The fourth-order valence-corrected chi connectivity index (χ4v) is 4.34. The second-order valence-electron chi connectivity index (χ2n) is 7.99. The summed E-state index contributed by atoms with van der Waals surface area (Å²) in [5.41, 5.74) is -0.00779. The minimum Gasteiger partial charge on any atom is -0.507 e. The van der Waals surface area contributed by atoms with Crippen molar-refractivity contribution in [1.29, 1.82) is 0 Å². The van der Waals surface area contributed by atoms with Gasteiger partial charge in [0.15, 0.2) is 12.1 Å². The summed E-state index contributed by atoms with van der Waals surface area (Å²) in [6.45, 7) is 1.07. The van der Waals surface area contributed by atoms with Gasteiger partial charge in [0.25, 0.3) is 0 Å². The maximum Gasteiger partial charge on any atom is 0.201 e. The standard InChI is InChI=1S/C22H24O10/c1-8-6-10-14(17(27)13-9(15(10)25)4-3-5-11(13)24)21(30-2)20(8)32-22-19(29)18(28)16(26)12(7-23)31-22/h3-6,8,12,16,18-20,22-24,26,28-29H,7H2,1-2H3. The van der Waals surface area contributed by atoms with Gasteiger partial charge in [0.1, 0.15) is 42.0 Å². The molecule has 4 rings (SSSR count). The van der Waals surface area contributed by atoms with Crippen LogP contribution in [0.25, 0.3) is 0 Å². The van der Waals surface area contributed by atoms with E-state index < -0.39 is 60.9 Å². The lowest BCUT2D eigenvalue weighted by Gasteiger charge is -2.42. The highest BCUT2D eigenvalue weighted by atomic mass is 16.7. The summed E-state index contributed by atoms with van der Waals surface area (Å²) in [4.78, 5) is 26.3. The molecular weight excluding hydrogens is 424 g/mol. The van der Waals surface area contributed by atoms with Crippen molar-refractivity contribution in [3.63, 3.8) is 0 Å². The number of hydrogen-bond acceptors (Lipinski definition) is 10. The average molecular weight is 448 g/mol. The minimum absolute atomic E-state index is 0.000728. The van der Waals surface area contributed by atoms with Crippen molar-refractivity contribution >= 4 is 11.6 Å². The van der Waals surface area contributed by atoms with Gasteiger partial charge in [-0.2, -0.15) is 0 Å². The lowest BCUT2D eigenvalue weighted by molar-refractivity contribution is -0.312. The van der Waals surface area contributed by atoms with Crippen LogP contribution >= 0.6 is 0 Å². The molecule has 0 amide bonds. The van der Waals surface area contributed by atoms with E-state index in [1.807, 2.05) is 0 Å². The summed E-state index contributed by atoms with van der Waals surface area (Å²) in [6, 6.07) is 4.24. The molecule has 7 atom stereocenters. The number of ketones is 2. The van der Waals surface area contributed by atoms with Crippen LogP contribution < -0.4 is 0 Å². The Kier molecular flexibility index (Phi) is 5.93. The molecule has 172 valence electrons. The number of phenols is 1. The third-order valence-corrected chi connectivity index (χ3v) is 6.02. The number of benzene rings is 1. The lowest BCUT2D eigenvalue weighted by Crippen LogP contribution is -2.60. The number of methoxy groups -OCH3 is 1. The number of hydrogen-bond donors (Lipinski definition) is 5. The van der Waals surface area contributed by atoms with Gasteiger partial charge in [-0.3, -0.25) is 9.59 Å². The zero-order valence-electron chi connectivity index (χ0n) is 17.3. The molecule has 0 spiro atoms. The number of carbonyl (C=O) groups excluding carboxylic acids is 2. The first kappa shape index (κ1) is 22.6. The lowest BCUT2D eigenvalue weighted by atomic mass is 9.75. The Balaban J connectivity index is 1.74. The van der Waals surface area contributed by atoms with E-state index >= 15 is 0 Å². The molecule has 0 radical (unpaired) electrons. The molecule has 0 aromatic heterocycles. The molecule has 1 heterocycles. The molecular formula is C22H24O10. The number of ether oxygens (including phenoxy) is 3. The van der Waals surface area contributed by atoms with Crippen LogP contribution in [0, 0.1) is 5.92 Å². The second kappa shape index (κ2) is 8.39. The second-order valence-corrected chi connectivity index (χ2v) is 7.99. The molecule has 32 heavy (non-hydrogen) atoms. The van der Waals surface area contributed by atoms with Crippen molar-refractivity contribution < 1.29 is 49.3 Å². The highest BCUT2D eigenvalue weighted by Crippen LogP contribution is 2.42. The largest absolute Gasteiger partial charge is 0.507 e. The van der Waals surface area contributed by atoms with Crippen LogP contribution in [0.3, 0.4) is 0 Å². The van der Waals surface area contributed by atoms with Crippen LogP contribution in [0.5, 0.6) is 5.75 Å². The molecule has 2 aliphatic carbocycles. The number of aliphatic hydroxyl groups is 4. The van der Waals surface area contributed by atoms with Gasteiger partial charge in [-0.05, 0) is 6.07 Å². The van der Waals surface area contributed by atoms with E-state index in [9.17, 15) is 35.1 Å². The number of Topliss-reactive ketones (excluding diaryl/α,β-unsaturated/α-hetero) is 2. The quantitative estimate of drug-likeness (QED) is 0.403. The van der Waals surface area contributed by atoms with Gasteiger partial charge in [0, 0.05) is 17.1 Å². The Labute approximate surface area is 183 Å². The number of phenolic OH excluding ortho intramolecular Hbond substituents is 1. The molecule has 1 aromatic carbocycles. The molecule has 0 saturated carbocycles. The summed E-state index contributed by atoms with van der Waals surface area (Å²) >= 11 is 0. The first-order valence-corrected chi connectivity index (χ1v) is 10.1. The summed E-state index contributed by atoms with van der Waals surface area (Å²) in [5.74, 6) is -1.92. The van der Waals surface area contributed by atoms with E-state index in [1.165, 1.54) is 25.3 Å². The van der Waals surface area contributed by atoms with Gasteiger partial charge in [0.2, 0.25) is 5.78 Å². The first-order valence-electron chi connectivity index (χ1n) is 10.1. The highest BCUT2D eigenvalue weighted by Gasteiger charge is 2.48. The first-order chi connectivity index (χ1) is 15.2. The molecule has 3 aliphatic rings. The van der Waals surface area contributed by atoms with E-state index in [-0.39, 0.29) is 33.8 Å². The molecule has 7 unspecified atom stereocenters. The zero-order valence-corrected chi connectivity index (χ0v) is 17.3. The normalized spacial score (nSPS) is 34.7. The average Bonchev–Trinajstić information content (AvgIpc) is 2.78. The van der Waals surface area contributed by atoms with E-state index in [0.717, 1.165) is 0 Å². The molecule has 1 fully saturated rings. The van der Waals surface area contributed by atoms with E-state index in [4.69, 9.17) is 14.2 Å². The predicted molar refractivity (Wildman–Crippen MR) is 107 cm³/mol. The number of rotatable bonds is 4. The number of aromatic hydroxyl groups is 1. The van der Waals surface area contributed by atoms with Crippen molar-refractivity contribution in [2.45, 2.75) is 43.7 Å². The third kappa shape index (κ3) is 3.36. The summed E-state index contributed by atoms with van der Waals surface area (Å²) in [7, 11) is 1.29. The summed E-state index contributed by atoms with van der Waals surface area (Å²) in [6.07, 6.45) is -6.96. The topological polar surface area (TPSA) is 163 Å². The number of aliphatic hydroxyl groups excluding tert-OH is 4. The molecule has 1 saturated heterocycles. The Morgan fingerprint density at radius 3 is 2.44 bits per heavy atom. The van der Waals surface area contributed by atoms with Crippen LogP contribution in [0.15, 0.2) is 41.2 Å². The van der Waals surface area contributed by atoms with Gasteiger partial charge in [-0.25, -0.2) is 0 Å². The molecule has 0 bridgehead atoms. The van der Waals surface area contributed by atoms with Crippen LogP contribution in [0.1, 0.15) is 27.6 Å². The fourth-order valence-electron chi connectivity index (χ4n) is 4.34. The molecule has 1 aromatic rings. The van der Waals surface area contributed by atoms with Gasteiger partial charge >= 0.3 is 0 Å². The van der Waals surface area contributed by atoms with Gasteiger partial charge in [-0.15, -0.1) is 0 Å². The van der Waals surface area contributed by atoms with E-state index in [0.29, 0.717) is 0 Å². The Morgan fingerprint density at radius 1 is 1.06 bits per heavy atom. The van der Waals surface area contributed by atoms with Crippen molar-refractivity contribution in [3.05, 3.63) is 52.3 Å². The van der Waals surface area contributed by atoms with Crippen LogP contribution in [-0.4, -0.2) is 87.6 Å². The van der Waals surface area contributed by atoms with Crippen LogP contribution in [-0.2, 0) is 14.2 Å². The third-order valence-electron chi connectivity index (χ3n) is 6.02. The fraction of sp³-hybridized carbons (Fsp3) is 0.455. The Hall–Kier alpha value is -2.60. The maximum absolute atomic E-state index is 13.3. The molecule has 10 nitrogen and oxygen atoms in total. The summed E-state index contributed by atoms with van der Waals surface area (Å²) in [5, 5.41) is 49.9. The molecule has 10 heteroatoms. The SMILES string of the molecule is COC1=C2C(=O)c3c(O)cccc3C(=O)C2=CC(C)C1OC1OC(CO)C(O)C(O)C1O. The maximum atomic E-state index is 13.3. The van der Waals surface area contributed by atoms with Crippen molar-refractivity contribution in [1.82, 2.24) is 0 Å². The van der Waals surface area contributed by atoms with Crippen molar-refractivity contribution in [2.24, 2.45) is 5.92 Å². The van der Waals surface area contributed by atoms with E-state index in [2.05, 4.69) is 0 Å². The van der Waals surface area contributed by atoms with Gasteiger partial charge < -0.3 is 39.7 Å². The van der Waals surface area contributed by atoms with Crippen LogP contribution in [0.2, 0.25) is 0 Å². The minimum atomic E-state index is -1.65. The van der Waals surface area contributed by atoms with Crippen molar-refractivity contribution in [3.8, 4) is 5.75 Å². The van der Waals surface area contributed by atoms with Gasteiger partial charge in [-0.1, -0.05) is 25.1 Å². The van der Waals surface area contributed by atoms with Crippen LogP contribution in [0.4, 0.5) is 0 Å². The number of carbonyl (C=O) groups is 2. The monoisotopic (exact) mass is 448 g/mol. The van der Waals surface area contributed by atoms with Crippen molar-refractivity contribution in [2.75, 3.05) is 13.7 Å². The van der Waals surface area contributed by atoms with Gasteiger partial charge in [0.05, 0.1) is 24.9 Å². The number of fused-ring (bicyclic) bond motifs is 2. The highest BCUT2D eigenvalue weighted by molar-refractivity contribution is 6.32. The smallest absolute Gasteiger partial charge is 0.201 e. The number of allylic oxidation sites excluding steroid dienone is 2.